The van der Waals surface area contributed by atoms with Crippen LogP contribution in [0.4, 0.5) is 0 Å². The molecule has 1 amide bonds. The Morgan fingerprint density at radius 2 is 1.75 bits per heavy atom. The van der Waals surface area contributed by atoms with E-state index < -0.39 is 6.10 Å². The molecule has 2 heterocycles. The summed E-state index contributed by atoms with van der Waals surface area (Å²) in [7, 11) is 0. The number of carbonyl (C=O) groups is 1. The molecule has 8 heteroatoms. The molecule has 0 fully saturated rings. The highest BCUT2D eigenvalue weighted by atomic mass is 32.2. The average Bonchev–Trinajstić information content (AvgIpc) is 3.36. The lowest BCUT2D eigenvalue weighted by Gasteiger charge is -2.26. The number of hydrogen-bond donors (Lipinski definition) is 1. The van der Waals surface area contributed by atoms with Gasteiger partial charge in [0.2, 0.25) is 5.91 Å². The largest absolute Gasteiger partial charge is 0.485 e. The Morgan fingerprint density at radius 3 is 2.64 bits per heavy atom. The van der Waals surface area contributed by atoms with Crippen molar-refractivity contribution in [1.29, 1.82) is 0 Å². The van der Waals surface area contributed by atoms with Crippen molar-refractivity contribution in [3.05, 3.63) is 95.8 Å². The molecule has 1 aliphatic carbocycles. The van der Waals surface area contributed by atoms with E-state index >= 15 is 0 Å². The molecule has 0 radical (unpaired) electrons. The van der Waals surface area contributed by atoms with Crippen LogP contribution in [-0.4, -0.2) is 33.0 Å². The van der Waals surface area contributed by atoms with E-state index in [0.717, 1.165) is 30.7 Å². The number of fused-ring (bicyclic) bond motifs is 2. The first-order valence-corrected chi connectivity index (χ1v) is 13.1. The minimum Gasteiger partial charge on any atom is -0.485 e. The molecule has 0 unspecified atom stereocenters. The van der Waals surface area contributed by atoms with Gasteiger partial charge in [-0.05, 0) is 54.7 Å². The highest BCUT2D eigenvalue weighted by molar-refractivity contribution is 7.99. The third-order valence-corrected chi connectivity index (χ3v) is 7.44. The van der Waals surface area contributed by atoms with Crippen LogP contribution in [-0.2, 0) is 11.2 Å². The van der Waals surface area contributed by atoms with E-state index in [-0.39, 0.29) is 17.7 Å². The zero-order valence-corrected chi connectivity index (χ0v) is 20.5. The molecule has 0 bridgehead atoms. The van der Waals surface area contributed by atoms with Gasteiger partial charge in [-0.25, -0.2) is 0 Å². The van der Waals surface area contributed by atoms with E-state index in [1.54, 1.807) is 0 Å². The molecule has 36 heavy (non-hydrogen) atoms. The Balaban J connectivity index is 1.21. The van der Waals surface area contributed by atoms with Gasteiger partial charge in [-0.1, -0.05) is 66.4 Å². The van der Waals surface area contributed by atoms with Gasteiger partial charge in [0.15, 0.2) is 28.6 Å². The Kier molecular flexibility index (Phi) is 6.34. The first-order valence-electron chi connectivity index (χ1n) is 12.2. The van der Waals surface area contributed by atoms with Gasteiger partial charge in [0, 0.05) is 5.69 Å². The van der Waals surface area contributed by atoms with Crippen LogP contribution in [0.1, 0.15) is 41.9 Å². The molecule has 4 aromatic rings. The number of aryl methyl sites for hydroxylation is 1. The van der Waals surface area contributed by atoms with Crippen LogP contribution in [0, 0.1) is 0 Å². The van der Waals surface area contributed by atoms with Gasteiger partial charge in [0.05, 0.1) is 11.8 Å². The van der Waals surface area contributed by atoms with Gasteiger partial charge < -0.3 is 14.8 Å². The zero-order chi connectivity index (χ0) is 24.3. The first kappa shape index (κ1) is 22.7. The Labute approximate surface area is 213 Å². The van der Waals surface area contributed by atoms with E-state index in [9.17, 15) is 4.79 Å². The van der Waals surface area contributed by atoms with E-state index in [4.69, 9.17) is 9.47 Å². The summed E-state index contributed by atoms with van der Waals surface area (Å²) in [6, 6.07) is 25.9. The van der Waals surface area contributed by atoms with Crippen LogP contribution in [0.5, 0.6) is 11.5 Å². The summed E-state index contributed by atoms with van der Waals surface area (Å²) in [6.07, 6.45) is 2.68. The fourth-order valence-corrected chi connectivity index (χ4v) is 5.59. The molecule has 182 valence electrons. The minimum atomic E-state index is -0.422. The van der Waals surface area contributed by atoms with Crippen molar-refractivity contribution in [2.45, 2.75) is 36.6 Å². The van der Waals surface area contributed by atoms with Gasteiger partial charge in [0.1, 0.15) is 6.61 Å². The van der Waals surface area contributed by atoms with Crippen molar-refractivity contribution in [1.82, 2.24) is 20.1 Å². The maximum atomic E-state index is 13.0. The summed E-state index contributed by atoms with van der Waals surface area (Å²) in [6.45, 7) is 0.328. The van der Waals surface area contributed by atoms with Crippen LogP contribution >= 0.6 is 11.8 Å². The normalized spacial score (nSPS) is 18.3. The lowest BCUT2D eigenvalue weighted by atomic mass is 9.88. The number of amides is 1. The smallest absolute Gasteiger partial charge is 0.230 e. The molecule has 3 aromatic carbocycles. The predicted octanol–water partition coefficient (Wildman–Crippen LogP) is 5.07. The van der Waals surface area contributed by atoms with E-state index in [2.05, 4.69) is 33.7 Å². The van der Waals surface area contributed by atoms with Gasteiger partial charge >= 0.3 is 0 Å². The van der Waals surface area contributed by atoms with E-state index in [0.29, 0.717) is 23.3 Å². The number of ether oxygens (including phenoxy) is 2. The molecule has 1 aliphatic heterocycles. The fourth-order valence-electron chi connectivity index (χ4n) is 4.82. The fraction of sp³-hybridized carbons (Fsp3) is 0.250. The van der Waals surface area contributed by atoms with Crippen molar-refractivity contribution in [3.63, 3.8) is 0 Å². The number of thioether (sulfide) groups is 1. The molecule has 2 atom stereocenters. The first-order chi connectivity index (χ1) is 17.8. The SMILES string of the molecule is O=C(CSc1nnc([C@H]2COc3ccccc3O2)n1-c1ccccc1)N[C@@H]1CCCc2ccccc21. The third kappa shape index (κ3) is 4.56. The summed E-state index contributed by atoms with van der Waals surface area (Å²) in [5, 5.41) is 12.8. The number of benzene rings is 3. The van der Waals surface area contributed by atoms with Crippen molar-refractivity contribution >= 4 is 17.7 Å². The van der Waals surface area contributed by atoms with Crippen molar-refractivity contribution in [3.8, 4) is 17.2 Å². The Hall–Kier alpha value is -3.78. The average molecular weight is 499 g/mol. The molecule has 1 N–H and O–H groups in total. The molecular weight excluding hydrogens is 472 g/mol. The number of nitrogens with zero attached hydrogens (tertiary/aromatic N) is 3. The van der Waals surface area contributed by atoms with Crippen molar-refractivity contribution in [2.75, 3.05) is 12.4 Å². The van der Waals surface area contributed by atoms with Gasteiger partial charge in [0.25, 0.3) is 0 Å². The van der Waals surface area contributed by atoms with Gasteiger partial charge in [-0.3, -0.25) is 9.36 Å². The highest BCUT2D eigenvalue weighted by Crippen LogP contribution is 2.37. The molecule has 0 saturated carbocycles. The maximum Gasteiger partial charge on any atom is 0.230 e. The second-order valence-electron chi connectivity index (χ2n) is 8.88. The zero-order valence-electron chi connectivity index (χ0n) is 19.7. The number of aromatic nitrogens is 3. The standard InChI is InChI=1S/C28H26N4O3S/c33-26(29-22-14-8-10-19-9-4-5-13-21(19)22)18-36-28-31-30-27(32(28)20-11-2-1-3-12-20)25-17-34-23-15-6-7-16-24(23)35-25/h1-7,9,11-13,15-16,22,25H,8,10,14,17-18H2,(H,29,33)/t22-,25-/m1/s1. The molecule has 0 saturated heterocycles. The summed E-state index contributed by atoms with van der Waals surface area (Å²) in [5.74, 6) is 2.26. The number of hydrogen-bond acceptors (Lipinski definition) is 6. The van der Waals surface area contributed by atoms with Crippen molar-refractivity contribution in [2.24, 2.45) is 0 Å². The lowest BCUT2D eigenvalue weighted by Crippen LogP contribution is -2.32. The third-order valence-electron chi connectivity index (χ3n) is 6.51. The summed E-state index contributed by atoms with van der Waals surface area (Å²) < 4.78 is 14.1. The quantitative estimate of drug-likeness (QED) is 0.374. The van der Waals surface area contributed by atoms with E-state index in [1.165, 1.54) is 22.9 Å². The molecule has 7 nitrogen and oxygen atoms in total. The molecule has 0 spiro atoms. The van der Waals surface area contributed by atoms with Gasteiger partial charge in [-0.2, -0.15) is 0 Å². The number of para-hydroxylation sites is 3. The number of rotatable bonds is 6. The topological polar surface area (TPSA) is 78.3 Å². The predicted molar refractivity (Wildman–Crippen MR) is 138 cm³/mol. The summed E-state index contributed by atoms with van der Waals surface area (Å²) in [5.41, 5.74) is 3.46. The van der Waals surface area contributed by atoms with E-state index in [1.807, 2.05) is 65.2 Å². The second-order valence-corrected chi connectivity index (χ2v) is 9.82. The minimum absolute atomic E-state index is 0.0166. The Morgan fingerprint density at radius 1 is 0.972 bits per heavy atom. The second kappa shape index (κ2) is 10.1. The molecule has 2 aliphatic rings. The van der Waals surface area contributed by atoms with Crippen LogP contribution in [0.15, 0.2) is 84.0 Å². The Bertz CT molecular complexity index is 1370. The summed E-state index contributed by atoms with van der Waals surface area (Å²) in [4.78, 5) is 13.0. The molecule has 1 aromatic heterocycles. The van der Waals surface area contributed by atoms with Crippen LogP contribution in [0.3, 0.4) is 0 Å². The van der Waals surface area contributed by atoms with Crippen molar-refractivity contribution < 1.29 is 14.3 Å². The lowest BCUT2D eigenvalue weighted by molar-refractivity contribution is -0.119. The number of carbonyl (C=O) groups excluding carboxylic acids is 1. The number of nitrogens with one attached hydrogen (secondary N) is 1. The van der Waals surface area contributed by atoms with Crippen LogP contribution in [0.2, 0.25) is 0 Å². The van der Waals surface area contributed by atoms with Gasteiger partial charge in [-0.15, -0.1) is 10.2 Å². The molecular formula is C28H26N4O3S. The maximum absolute atomic E-state index is 13.0. The molecule has 6 rings (SSSR count). The summed E-state index contributed by atoms with van der Waals surface area (Å²) >= 11 is 1.37. The van der Waals surface area contributed by atoms with Crippen LogP contribution < -0.4 is 14.8 Å². The van der Waals surface area contributed by atoms with Crippen LogP contribution in [0.25, 0.3) is 5.69 Å². The monoisotopic (exact) mass is 498 g/mol. The highest BCUT2D eigenvalue weighted by Gasteiger charge is 2.29.